The molecule has 3 saturated heterocycles. The smallest absolute Gasteiger partial charge is 0.313 e. The van der Waals surface area contributed by atoms with Crippen LogP contribution in [0, 0.1) is 17.8 Å². The first-order chi connectivity index (χ1) is 16.3. The van der Waals surface area contributed by atoms with E-state index in [4.69, 9.17) is 9.47 Å². The van der Waals surface area contributed by atoms with Gasteiger partial charge in [0.25, 0.3) is 0 Å². The number of hydrogen-bond acceptors (Lipinski definition) is 6. The molecule has 8 nitrogen and oxygen atoms in total. The number of aliphatic hydroxyl groups excluding tert-OH is 1. The van der Waals surface area contributed by atoms with Gasteiger partial charge in [-0.05, 0) is 32.1 Å². The Labute approximate surface area is 201 Å². The Morgan fingerprint density at radius 1 is 1.26 bits per heavy atom. The fourth-order valence-electron chi connectivity index (χ4n) is 7.06. The highest BCUT2D eigenvalue weighted by molar-refractivity contribution is 5.98. The molecule has 188 valence electrons. The fraction of sp³-hybridized carbons (Fsp3) is 0.731. The molecule has 2 amide bonds. The van der Waals surface area contributed by atoms with E-state index in [2.05, 4.69) is 13.2 Å². The highest BCUT2D eigenvalue weighted by atomic mass is 16.6. The lowest BCUT2D eigenvalue weighted by Crippen LogP contribution is -2.58. The molecule has 2 bridgehead atoms. The summed E-state index contributed by atoms with van der Waals surface area (Å²) in [5.74, 6) is -2.67. The van der Waals surface area contributed by atoms with Crippen LogP contribution in [0.1, 0.15) is 52.4 Å². The first-order valence-electron chi connectivity index (χ1n) is 12.6. The lowest BCUT2D eigenvalue weighted by atomic mass is 9.62. The van der Waals surface area contributed by atoms with E-state index >= 15 is 0 Å². The third-order valence-electron chi connectivity index (χ3n) is 8.61. The molecule has 1 spiro atoms. The van der Waals surface area contributed by atoms with E-state index in [1.807, 2.05) is 18.7 Å². The highest BCUT2D eigenvalue weighted by Gasteiger charge is 2.80. The first-order valence-corrected chi connectivity index (χ1v) is 12.6. The number of nitrogens with zero attached hydrogens (tertiary/aromatic N) is 2. The molecule has 4 fully saturated rings. The molecule has 4 aliphatic rings. The molecule has 6 atom stereocenters. The third-order valence-corrected chi connectivity index (χ3v) is 8.61. The molecule has 3 heterocycles. The summed E-state index contributed by atoms with van der Waals surface area (Å²) in [4.78, 5) is 44.5. The van der Waals surface area contributed by atoms with Crippen LogP contribution in [-0.4, -0.2) is 82.3 Å². The van der Waals surface area contributed by atoms with E-state index in [-0.39, 0.29) is 43.5 Å². The maximum atomic E-state index is 14.2. The number of β-amino-alcohol motifs (C(OH)–C–C–N with tert-alkyl or cyclic N) is 1. The maximum Gasteiger partial charge on any atom is 0.313 e. The normalized spacial score (nSPS) is 36.9. The molecule has 0 radical (unpaired) electrons. The van der Waals surface area contributed by atoms with E-state index in [9.17, 15) is 19.5 Å². The molecule has 4 rings (SSSR count). The Morgan fingerprint density at radius 2 is 1.97 bits per heavy atom. The van der Waals surface area contributed by atoms with Crippen LogP contribution in [0.15, 0.2) is 25.3 Å². The van der Waals surface area contributed by atoms with E-state index in [0.717, 1.165) is 32.1 Å². The Morgan fingerprint density at radius 3 is 2.59 bits per heavy atom. The van der Waals surface area contributed by atoms with E-state index in [1.54, 1.807) is 6.08 Å². The summed E-state index contributed by atoms with van der Waals surface area (Å²) in [6.45, 7) is 11.5. The number of carbonyl (C=O) groups is 3. The van der Waals surface area contributed by atoms with Gasteiger partial charge in [-0.2, -0.15) is 0 Å². The number of amides is 2. The number of aliphatic hydroxyl groups is 1. The van der Waals surface area contributed by atoms with Crippen LogP contribution in [0.4, 0.5) is 0 Å². The Kier molecular flexibility index (Phi) is 6.93. The summed E-state index contributed by atoms with van der Waals surface area (Å²) in [6, 6.07) is -0.804. The minimum Gasteiger partial charge on any atom is -0.461 e. The Bertz CT molecular complexity index is 854. The summed E-state index contributed by atoms with van der Waals surface area (Å²) >= 11 is 0. The molecular weight excluding hydrogens is 436 g/mol. The number of carbonyl (C=O) groups excluding carboxylic acids is 3. The van der Waals surface area contributed by atoms with Crippen molar-refractivity contribution in [1.82, 2.24) is 9.80 Å². The van der Waals surface area contributed by atoms with Gasteiger partial charge < -0.3 is 24.4 Å². The van der Waals surface area contributed by atoms with Crippen LogP contribution in [-0.2, 0) is 23.9 Å². The maximum absolute atomic E-state index is 14.2. The van der Waals surface area contributed by atoms with Crippen molar-refractivity contribution in [2.75, 3.05) is 26.3 Å². The predicted molar refractivity (Wildman–Crippen MR) is 126 cm³/mol. The van der Waals surface area contributed by atoms with E-state index in [0.29, 0.717) is 13.0 Å². The van der Waals surface area contributed by atoms with Gasteiger partial charge in [-0.25, -0.2) is 0 Å². The van der Waals surface area contributed by atoms with Gasteiger partial charge >= 0.3 is 5.97 Å². The van der Waals surface area contributed by atoms with Crippen LogP contribution in [0.5, 0.6) is 0 Å². The van der Waals surface area contributed by atoms with Crippen LogP contribution in [0.25, 0.3) is 0 Å². The van der Waals surface area contributed by atoms with Crippen molar-refractivity contribution in [1.29, 1.82) is 0 Å². The number of esters is 1. The van der Waals surface area contributed by atoms with Gasteiger partial charge in [-0.3, -0.25) is 14.4 Å². The number of ether oxygens (including phenoxy) is 2. The van der Waals surface area contributed by atoms with Gasteiger partial charge in [0.05, 0.1) is 18.1 Å². The predicted octanol–water partition coefficient (Wildman–Crippen LogP) is 2.07. The van der Waals surface area contributed by atoms with Crippen molar-refractivity contribution in [3.63, 3.8) is 0 Å². The average Bonchev–Trinajstić information content (AvgIpc) is 3.33. The topological polar surface area (TPSA) is 96.4 Å². The van der Waals surface area contributed by atoms with Crippen molar-refractivity contribution >= 4 is 17.8 Å². The Balaban J connectivity index is 1.75. The zero-order valence-corrected chi connectivity index (χ0v) is 20.4. The second kappa shape index (κ2) is 9.46. The monoisotopic (exact) mass is 474 g/mol. The molecular formula is C26H38N2O6. The van der Waals surface area contributed by atoms with Crippen molar-refractivity contribution in [2.45, 2.75) is 75.7 Å². The summed E-state index contributed by atoms with van der Waals surface area (Å²) in [5.41, 5.74) is -2.03. The minimum absolute atomic E-state index is 0.0168. The summed E-state index contributed by atoms with van der Waals surface area (Å²) in [5, 5.41) is 9.78. The number of fused-ring (bicyclic) bond motifs is 1. The number of rotatable bonds is 9. The lowest BCUT2D eigenvalue weighted by Gasteiger charge is -2.40. The van der Waals surface area contributed by atoms with Crippen molar-refractivity contribution in [3.8, 4) is 0 Å². The third kappa shape index (κ3) is 3.61. The molecule has 8 heteroatoms. The van der Waals surface area contributed by atoms with Gasteiger partial charge in [0.1, 0.15) is 24.2 Å². The summed E-state index contributed by atoms with van der Waals surface area (Å²) < 4.78 is 12.1. The van der Waals surface area contributed by atoms with Crippen LogP contribution in [0.3, 0.4) is 0 Å². The zero-order valence-electron chi connectivity index (χ0n) is 20.4. The van der Waals surface area contributed by atoms with E-state index in [1.165, 1.54) is 11.0 Å². The average molecular weight is 475 g/mol. The number of hydrogen-bond donors (Lipinski definition) is 1. The lowest BCUT2D eigenvalue weighted by molar-refractivity contribution is -0.162. The molecule has 1 aliphatic carbocycles. The highest BCUT2D eigenvalue weighted by Crippen LogP contribution is 2.65. The van der Waals surface area contributed by atoms with Crippen molar-refractivity contribution < 1.29 is 29.0 Å². The summed E-state index contributed by atoms with van der Waals surface area (Å²) in [7, 11) is 0. The molecule has 0 aromatic heterocycles. The second-order valence-electron chi connectivity index (χ2n) is 10.4. The molecule has 3 unspecified atom stereocenters. The largest absolute Gasteiger partial charge is 0.461 e. The molecule has 0 aromatic rings. The molecule has 1 N–H and O–H groups in total. The van der Waals surface area contributed by atoms with Crippen molar-refractivity contribution in [2.24, 2.45) is 17.8 Å². The van der Waals surface area contributed by atoms with Crippen molar-refractivity contribution in [3.05, 3.63) is 25.3 Å². The quantitative estimate of drug-likeness (QED) is 0.406. The van der Waals surface area contributed by atoms with Gasteiger partial charge in [0, 0.05) is 19.1 Å². The van der Waals surface area contributed by atoms with Gasteiger partial charge in [-0.15, -0.1) is 6.58 Å². The number of likely N-dealkylation sites (tertiary alicyclic amines) is 1. The van der Waals surface area contributed by atoms with Gasteiger partial charge in [0.2, 0.25) is 11.8 Å². The van der Waals surface area contributed by atoms with Gasteiger partial charge in [-0.1, -0.05) is 44.9 Å². The van der Waals surface area contributed by atoms with E-state index < -0.39 is 35.0 Å². The van der Waals surface area contributed by atoms with Crippen LogP contribution >= 0.6 is 0 Å². The molecule has 0 aromatic carbocycles. The second-order valence-corrected chi connectivity index (χ2v) is 10.4. The zero-order chi connectivity index (χ0) is 24.7. The minimum atomic E-state index is -1.12. The SMILES string of the molecule is C=CCOC(=O)[C@H]1[C@H]2C(=O)N(CCO)C(C(=O)N(CC=C)C3CCCCC3)C23CC(C)[C@]1(C)O3. The summed E-state index contributed by atoms with van der Waals surface area (Å²) in [6.07, 6.45) is 8.83. The fourth-order valence-corrected chi connectivity index (χ4v) is 7.06. The van der Waals surface area contributed by atoms with Gasteiger partial charge in [0.15, 0.2) is 0 Å². The standard InChI is InChI=1S/C26H38N2O6/c1-5-12-27(18-10-8-7-9-11-18)23(31)21-26-16-17(3)25(4,34-26)20(24(32)33-15-6-2)19(26)22(30)28(21)13-14-29/h5-6,17-21,29H,1-2,7-16H2,3-4H3/t17?,19-,20+,21?,25-,26?/m0/s1. The van der Waals surface area contributed by atoms with Crippen LogP contribution in [0.2, 0.25) is 0 Å². The first kappa shape index (κ1) is 24.9. The van der Waals surface area contributed by atoms with Crippen LogP contribution < -0.4 is 0 Å². The molecule has 3 aliphatic heterocycles. The molecule has 34 heavy (non-hydrogen) atoms. The molecule has 1 saturated carbocycles. The Hall–Kier alpha value is -2.19.